The molecule has 2 aromatic heterocycles. The number of rotatable bonds is 10. The molecule has 8 rings (SSSR count). The first-order valence-corrected chi connectivity index (χ1v) is 22.5. The smallest absolute Gasteiger partial charge is 0.189 e. The van der Waals surface area contributed by atoms with Gasteiger partial charge in [0.15, 0.2) is 23.3 Å². The van der Waals surface area contributed by atoms with Crippen LogP contribution in [0.5, 0.6) is 0 Å². The molecule has 328 valence electrons. The van der Waals surface area contributed by atoms with Gasteiger partial charge < -0.3 is 31.1 Å². The van der Waals surface area contributed by atoms with E-state index in [0.717, 1.165) is 84.8 Å². The van der Waals surface area contributed by atoms with E-state index in [0.29, 0.717) is 58.2 Å². The zero-order valence-electron chi connectivity index (χ0n) is 36.8. The third-order valence-electron chi connectivity index (χ3n) is 11.3. The lowest BCUT2D eigenvalue weighted by atomic mass is 9.99. The number of halogens is 4. The van der Waals surface area contributed by atoms with Crippen molar-refractivity contribution in [1.29, 1.82) is 0 Å². The van der Waals surface area contributed by atoms with Gasteiger partial charge in [0, 0.05) is 83.2 Å². The van der Waals surface area contributed by atoms with Gasteiger partial charge in [-0.1, -0.05) is 83.9 Å². The molecule has 2 fully saturated rings. The van der Waals surface area contributed by atoms with Crippen LogP contribution in [0.15, 0.2) is 97.1 Å². The second kappa shape index (κ2) is 19.8. The van der Waals surface area contributed by atoms with Gasteiger partial charge in [0.1, 0.15) is 0 Å². The minimum atomic E-state index is -0.283. The average molecular weight is 882 g/mol. The van der Waals surface area contributed by atoms with Crippen LogP contribution in [0, 0.1) is 11.6 Å². The number of fused-ring (bicyclic) bond motifs is 2. The monoisotopic (exact) mass is 880 g/mol. The van der Waals surface area contributed by atoms with Crippen molar-refractivity contribution in [2.24, 2.45) is 0 Å². The van der Waals surface area contributed by atoms with Crippen LogP contribution in [0.2, 0.25) is 10.0 Å². The van der Waals surface area contributed by atoms with E-state index < -0.39 is 0 Å². The first-order chi connectivity index (χ1) is 29.6. The molecule has 0 unspecified atom stereocenters. The number of para-hydroxylation sites is 2. The Hall–Kier alpha value is -4.74. The molecular formula is C50H60Cl2F2N8. The summed E-state index contributed by atoms with van der Waals surface area (Å²) in [6, 6.07) is 31.6. The number of benzene rings is 4. The van der Waals surface area contributed by atoms with E-state index in [9.17, 15) is 0 Å². The molecule has 0 spiro atoms. The van der Waals surface area contributed by atoms with Gasteiger partial charge in [0.2, 0.25) is 0 Å². The van der Waals surface area contributed by atoms with Crippen molar-refractivity contribution in [1.82, 2.24) is 20.6 Å². The van der Waals surface area contributed by atoms with E-state index in [1.807, 2.05) is 97.1 Å². The van der Waals surface area contributed by atoms with E-state index in [1.165, 1.54) is 0 Å². The van der Waals surface area contributed by atoms with Gasteiger partial charge in [-0.15, -0.1) is 0 Å². The lowest BCUT2D eigenvalue weighted by Gasteiger charge is -2.38. The predicted octanol–water partition coefficient (Wildman–Crippen LogP) is 12.0. The van der Waals surface area contributed by atoms with E-state index in [1.54, 1.807) is 0 Å². The first-order valence-electron chi connectivity index (χ1n) is 21.8. The molecule has 0 bridgehead atoms. The first kappa shape index (κ1) is 45.3. The van der Waals surface area contributed by atoms with Gasteiger partial charge in [-0.05, 0) is 115 Å². The van der Waals surface area contributed by atoms with E-state index in [2.05, 4.69) is 82.6 Å². The fourth-order valence-electron chi connectivity index (χ4n) is 8.49. The summed E-state index contributed by atoms with van der Waals surface area (Å²) in [6.45, 7) is 17.4. The second-order valence-electron chi connectivity index (χ2n) is 18.6. The minimum Gasteiger partial charge on any atom is -0.368 e. The molecule has 4 N–H and O–H groups in total. The van der Waals surface area contributed by atoms with Gasteiger partial charge >= 0.3 is 0 Å². The van der Waals surface area contributed by atoms with Crippen molar-refractivity contribution in [2.45, 2.75) is 103 Å². The maximum Gasteiger partial charge on any atom is 0.189 e. The van der Waals surface area contributed by atoms with Gasteiger partial charge in [0.25, 0.3) is 0 Å². The Morgan fingerprint density at radius 2 is 0.871 bits per heavy atom. The van der Waals surface area contributed by atoms with Crippen molar-refractivity contribution < 1.29 is 8.78 Å². The maximum absolute atomic E-state index is 15.7. The number of pyridine rings is 2. The number of nitrogens with zero attached hydrogens (tertiary/aromatic N) is 4. The van der Waals surface area contributed by atoms with Gasteiger partial charge in [-0.25, -0.2) is 18.7 Å². The zero-order chi connectivity index (χ0) is 44.0. The summed E-state index contributed by atoms with van der Waals surface area (Å²) in [5.74, 6) is 0.0157. The van der Waals surface area contributed by atoms with Gasteiger partial charge in [-0.2, -0.15) is 0 Å². The molecule has 2 saturated heterocycles. The fraction of sp³-hybridized carbons (Fsp3) is 0.400. The summed E-state index contributed by atoms with van der Waals surface area (Å²) in [5.41, 5.74) is 5.11. The maximum atomic E-state index is 15.7. The topological polar surface area (TPSA) is 80.4 Å². The summed E-state index contributed by atoms with van der Waals surface area (Å²) < 4.78 is 31.4. The molecule has 0 radical (unpaired) electrons. The Kier molecular flexibility index (Phi) is 14.4. The van der Waals surface area contributed by atoms with Gasteiger partial charge in [-0.3, -0.25) is 0 Å². The lowest BCUT2D eigenvalue weighted by Crippen LogP contribution is -2.49. The second-order valence-corrected chi connectivity index (χ2v) is 19.4. The van der Waals surface area contributed by atoms with Crippen molar-refractivity contribution in [3.05, 3.63) is 130 Å². The highest BCUT2D eigenvalue weighted by molar-refractivity contribution is 6.30. The van der Waals surface area contributed by atoms with Crippen molar-refractivity contribution in [3.63, 3.8) is 0 Å². The highest BCUT2D eigenvalue weighted by Crippen LogP contribution is 2.37. The molecule has 4 aromatic carbocycles. The van der Waals surface area contributed by atoms with Crippen molar-refractivity contribution >= 4 is 68.0 Å². The van der Waals surface area contributed by atoms with Crippen molar-refractivity contribution in [2.75, 3.05) is 46.6 Å². The number of nitrogens with one attached hydrogen (secondary N) is 4. The van der Waals surface area contributed by atoms with Gasteiger partial charge in [0.05, 0.1) is 22.4 Å². The van der Waals surface area contributed by atoms with Crippen LogP contribution in [0.1, 0.15) is 78.4 Å². The van der Waals surface area contributed by atoms with Crippen LogP contribution in [0.4, 0.5) is 31.8 Å². The van der Waals surface area contributed by atoms with Crippen LogP contribution in [-0.2, 0) is 13.1 Å². The largest absolute Gasteiger partial charge is 0.368 e. The Morgan fingerprint density at radius 1 is 0.532 bits per heavy atom. The zero-order valence-corrected chi connectivity index (χ0v) is 38.3. The third-order valence-corrected chi connectivity index (χ3v) is 11.8. The number of aromatic nitrogens is 2. The molecule has 8 nitrogen and oxygen atoms in total. The highest BCUT2D eigenvalue weighted by Gasteiger charge is 2.29. The molecule has 62 heavy (non-hydrogen) atoms. The summed E-state index contributed by atoms with van der Waals surface area (Å²) >= 11 is 11.9. The summed E-state index contributed by atoms with van der Waals surface area (Å²) in [6.07, 6.45) is 3.95. The standard InChI is InChI=1S/2C25H30ClFN4/c2*1-25(2,3)30-19-12-14-31(15-13-19)23-20-6-4-5-7-21(20)29-24(22(23)27)28-16-17-8-10-18(26)11-9-17/h2*4-11,19,30H,12-16H2,1-3H3,(H,28,29). The molecule has 0 amide bonds. The summed E-state index contributed by atoms with van der Waals surface area (Å²) in [4.78, 5) is 13.5. The van der Waals surface area contributed by atoms with Crippen LogP contribution >= 0.6 is 23.2 Å². The van der Waals surface area contributed by atoms with Crippen LogP contribution in [0.25, 0.3) is 21.8 Å². The quantitative estimate of drug-likeness (QED) is 0.108. The molecule has 2 aliphatic heterocycles. The fourth-order valence-corrected chi connectivity index (χ4v) is 8.74. The molecule has 6 aromatic rings. The van der Waals surface area contributed by atoms with E-state index >= 15 is 8.78 Å². The normalized spacial score (nSPS) is 15.5. The molecule has 4 heterocycles. The van der Waals surface area contributed by atoms with E-state index in [-0.39, 0.29) is 22.7 Å². The number of anilines is 4. The Morgan fingerprint density at radius 3 is 1.21 bits per heavy atom. The lowest BCUT2D eigenvalue weighted by molar-refractivity contribution is 0.316. The summed E-state index contributed by atoms with van der Waals surface area (Å²) in [7, 11) is 0. The van der Waals surface area contributed by atoms with Crippen LogP contribution < -0.4 is 31.1 Å². The minimum absolute atomic E-state index is 0.0835. The predicted molar refractivity (Wildman–Crippen MR) is 257 cm³/mol. The number of piperidine rings is 2. The third kappa shape index (κ3) is 11.8. The molecule has 12 heteroatoms. The number of hydrogen-bond acceptors (Lipinski definition) is 8. The van der Waals surface area contributed by atoms with E-state index in [4.69, 9.17) is 23.2 Å². The number of hydrogen-bond donors (Lipinski definition) is 4. The SMILES string of the molecule is CC(C)(C)NC1CCN(c2c(F)c(NCc3ccc(Cl)cc3)nc3ccccc23)CC1.CC(C)(C)NC1CCN(c2c(F)c(NCc3ccc(Cl)cc3)nc3ccccc23)CC1. The summed E-state index contributed by atoms with van der Waals surface area (Å²) in [5, 5.41) is 16.8. The molecular weight excluding hydrogens is 822 g/mol. The molecule has 0 aliphatic carbocycles. The van der Waals surface area contributed by atoms with Crippen LogP contribution in [0.3, 0.4) is 0 Å². The Balaban J connectivity index is 0.000000186. The molecule has 2 aliphatic rings. The highest BCUT2D eigenvalue weighted by atomic mass is 35.5. The Labute approximate surface area is 375 Å². The van der Waals surface area contributed by atoms with Crippen molar-refractivity contribution in [3.8, 4) is 0 Å². The molecule has 0 atom stereocenters. The van der Waals surface area contributed by atoms with Crippen LogP contribution in [-0.4, -0.2) is 59.3 Å². The molecule has 0 saturated carbocycles. The average Bonchev–Trinajstić information content (AvgIpc) is 3.23. The Bertz CT molecular complexity index is 2250.